The first-order valence-electron chi connectivity index (χ1n) is 9.62. The maximum absolute atomic E-state index is 12.1. The summed E-state index contributed by atoms with van der Waals surface area (Å²) in [5.41, 5.74) is -2.42. The lowest BCUT2D eigenvalue weighted by Gasteiger charge is -2.57. The van der Waals surface area contributed by atoms with Crippen LogP contribution in [0.15, 0.2) is 24.0 Å². The Hall–Kier alpha value is -1.61. The van der Waals surface area contributed by atoms with Crippen LogP contribution in [0.1, 0.15) is 40.0 Å². The van der Waals surface area contributed by atoms with Gasteiger partial charge in [-0.25, -0.2) is 4.79 Å². The molecule has 1 saturated carbocycles. The van der Waals surface area contributed by atoms with Crippen LogP contribution < -0.4 is 5.32 Å². The molecule has 8 nitrogen and oxygen atoms in total. The lowest BCUT2D eigenvalue weighted by atomic mass is 9.60. The molecule has 6 atom stereocenters. The van der Waals surface area contributed by atoms with Crippen LogP contribution in [0.2, 0.25) is 0 Å². The summed E-state index contributed by atoms with van der Waals surface area (Å²) in [6.45, 7) is 5.81. The molecule has 1 spiro atoms. The highest BCUT2D eigenvalue weighted by Crippen LogP contribution is 2.60. The molecule has 3 rings (SSSR count). The number of imide groups is 1. The average Bonchev–Trinajstić information content (AvgIpc) is 3.31. The number of hydrogen-bond donors (Lipinski definition) is 2. The Bertz CT molecular complexity index is 736. The molecule has 0 aromatic heterocycles. The molecule has 2 amide bonds. The molecule has 2 heterocycles. The fourth-order valence-electron chi connectivity index (χ4n) is 4.47. The lowest BCUT2D eigenvalue weighted by Crippen LogP contribution is -2.76. The standard InChI is InChI=1S/C20H28ClNO7/c1-12(2)5-6-14-18(3,29-14)20(25)16(26-4)13(7-8-19(20)9-10-27-19)28-17(24)22-15(23)11-21/h5,9-10,13-14,16,25H,6-8,11H2,1-4H3,(H,22,23,24)/t13-,14-,16-,18+,19+,20+/m1/s1. The topological polar surface area (TPSA) is 107 Å². The Labute approximate surface area is 175 Å². The van der Waals surface area contributed by atoms with Crippen LogP contribution in [0.4, 0.5) is 4.79 Å². The van der Waals surface area contributed by atoms with Crippen molar-refractivity contribution in [3.63, 3.8) is 0 Å². The molecule has 0 aromatic carbocycles. The number of nitrogens with one attached hydrogen (secondary N) is 1. The van der Waals surface area contributed by atoms with Crippen molar-refractivity contribution in [2.24, 2.45) is 0 Å². The van der Waals surface area contributed by atoms with Gasteiger partial charge in [0.2, 0.25) is 5.91 Å². The van der Waals surface area contributed by atoms with E-state index in [4.69, 9.17) is 30.5 Å². The smallest absolute Gasteiger partial charge is 0.414 e. The normalized spacial score (nSPS) is 39.9. The largest absolute Gasteiger partial charge is 0.488 e. The Balaban J connectivity index is 1.86. The Morgan fingerprint density at radius 2 is 2.10 bits per heavy atom. The maximum atomic E-state index is 12.1. The van der Waals surface area contributed by atoms with Crippen LogP contribution in [0.25, 0.3) is 0 Å². The first kappa shape index (κ1) is 22.1. The second-order valence-electron chi connectivity index (χ2n) is 8.13. The van der Waals surface area contributed by atoms with Crippen molar-refractivity contribution in [3.8, 4) is 0 Å². The van der Waals surface area contributed by atoms with Crippen molar-refractivity contribution in [3.05, 3.63) is 24.0 Å². The van der Waals surface area contributed by atoms with Crippen LogP contribution in [0, 0.1) is 0 Å². The van der Waals surface area contributed by atoms with Crippen molar-refractivity contribution < 1.29 is 33.6 Å². The second-order valence-corrected chi connectivity index (χ2v) is 8.39. The Morgan fingerprint density at radius 1 is 1.41 bits per heavy atom. The number of methoxy groups -OCH3 is 1. The third-order valence-electron chi connectivity index (χ3n) is 6.13. The number of allylic oxidation sites excluding steroid dienone is 1. The molecule has 0 radical (unpaired) electrons. The van der Waals surface area contributed by atoms with Gasteiger partial charge in [0.05, 0.1) is 12.4 Å². The molecule has 2 N–H and O–H groups in total. The van der Waals surface area contributed by atoms with Crippen LogP contribution in [0.3, 0.4) is 0 Å². The molecular weight excluding hydrogens is 402 g/mol. The molecule has 3 aliphatic rings. The fraction of sp³-hybridized carbons (Fsp3) is 0.700. The molecule has 1 saturated heterocycles. The predicted molar refractivity (Wildman–Crippen MR) is 104 cm³/mol. The van der Waals surface area contributed by atoms with Crippen molar-refractivity contribution in [2.75, 3.05) is 13.0 Å². The van der Waals surface area contributed by atoms with Gasteiger partial charge >= 0.3 is 6.09 Å². The summed E-state index contributed by atoms with van der Waals surface area (Å²) in [7, 11) is 1.44. The summed E-state index contributed by atoms with van der Waals surface area (Å²) < 4.78 is 22.8. The van der Waals surface area contributed by atoms with Crippen LogP contribution in [-0.2, 0) is 23.7 Å². The predicted octanol–water partition coefficient (Wildman–Crippen LogP) is 2.18. The van der Waals surface area contributed by atoms with E-state index in [1.165, 1.54) is 13.4 Å². The molecular formula is C20H28ClNO7. The number of alkyl carbamates (subject to hydrolysis) is 1. The second kappa shape index (κ2) is 7.91. The number of epoxide rings is 1. The van der Waals surface area contributed by atoms with E-state index in [1.54, 1.807) is 6.08 Å². The van der Waals surface area contributed by atoms with Gasteiger partial charge in [-0.3, -0.25) is 10.1 Å². The molecule has 0 bridgehead atoms. The van der Waals surface area contributed by atoms with Gasteiger partial charge in [0.15, 0.2) is 11.2 Å². The van der Waals surface area contributed by atoms with E-state index in [1.807, 2.05) is 32.2 Å². The number of hydrogen-bond acceptors (Lipinski definition) is 7. The van der Waals surface area contributed by atoms with Gasteiger partial charge in [0.1, 0.15) is 23.7 Å². The number of halogens is 1. The summed E-state index contributed by atoms with van der Waals surface area (Å²) >= 11 is 5.41. The van der Waals surface area contributed by atoms with Crippen LogP contribution >= 0.6 is 11.6 Å². The molecule has 9 heteroatoms. The summed E-state index contributed by atoms with van der Waals surface area (Å²) in [4.78, 5) is 23.4. The number of rotatable bonds is 6. The van der Waals surface area contributed by atoms with E-state index in [0.717, 1.165) is 5.57 Å². The highest BCUT2D eigenvalue weighted by molar-refractivity contribution is 6.28. The molecule has 29 heavy (non-hydrogen) atoms. The minimum Gasteiger partial charge on any atom is -0.488 e. The van der Waals surface area contributed by atoms with Gasteiger partial charge in [0.25, 0.3) is 0 Å². The third-order valence-corrected chi connectivity index (χ3v) is 6.37. The number of carbonyl (C=O) groups excluding carboxylic acids is 2. The van der Waals surface area contributed by atoms with Gasteiger partial charge in [-0.1, -0.05) is 11.6 Å². The van der Waals surface area contributed by atoms with E-state index in [9.17, 15) is 14.7 Å². The minimum absolute atomic E-state index is 0.236. The number of alkyl halides is 1. The summed E-state index contributed by atoms with van der Waals surface area (Å²) in [5, 5.41) is 14.0. The van der Waals surface area contributed by atoms with E-state index in [0.29, 0.717) is 19.3 Å². The summed E-state index contributed by atoms with van der Waals surface area (Å²) in [5.74, 6) is -1.03. The van der Waals surface area contributed by atoms with Crippen molar-refractivity contribution in [1.29, 1.82) is 0 Å². The summed E-state index contributed by atoms with van der Waals surface area (Å²) in [6.07, 6.45) is 3.88. The summed E-state index contributed by atoms with van der Waals surface area (Å²) in [6, 6.07) is 0. The highest BCUT2D eigenvalue weighted by Gasteiger charge is 2.79. The molecule has 162 valence electrons. The molecule has 2 fully saturated rings. The van der Waals surface area contributed by atoms with Gasteiger partial charge in [0, 0.05) is 7.11 Å². The number of amides is 2. The quantitative estimate of drug-likeness (QED) is 0.378. The van der Waals surface area contributed by atoms with E-state index in [-0.39, 0.29) is 12.0 Å². The Kier molecular flexibility index (Phi) is 6.02. The molecule has 0 aromatic rings. The Morgan fingerprint density at radius 3 is 2.62 bits per heavy atom. The van der Waals surface area contributed by atoms with Crippen LogP contribution in [0.5, 0.6) is 0 Å². The SMILES string of the molecule is CO[C@@H]1[C@H](OC(=O)NC(=O)CCl)CC[C@]2(C=CO2)[C@@]1(O)[C@@]1(C)O[C@@H]1CC=C(C)C. The zero-order valence-corrected chi connectivity index (χ0v) is 17.8. The van der Waals surface area contributed by atoms with Crippen molar-refractivity contribution in [2.45, 2.75) is 75.1 Å². The van der Waals surface area contributed by atoms with Crippen molar-refractivity contribution in [1.82, 2.24) is 5.32 Å². The van der Waals surface area contributed by atoms with Gasteiger partial charge in [-0.2, -0.15) is 0 Å². The number of ether oxygens (including phenoxy) is 4. The van der Waals surface area contributed by atoms with Gasteiger partial charge < -0.3 is 24.1 Å². The molecule has 0 unspecified atom stereocenters. The zero-order valence-electron chi connectivity index (χ0n) is 17.1. The highest BCUT2D eigenvalue weighted by atomic mass is 35.5. The lowest BCUT2D eigenvalue weighted by molar-refractivity contribution is -0.275. The van der Waals surface area contributed by atoms with Crippen LogP contribution in [-0.4, -0.2) is 65.2 Å². The first-order valence-corrected chi connectivity index (χ1v) is 10.2. The number of aliphatic hydroxyl groups is 1. The van der Waals surface area contributed by atoms with E-state index >= 15 is 0 Å². The number of carbonyl (C=O) groups is 2. The monoisotopic (exact) mass is 429 g/mol. The van der Waals surface area contributed by atoms with Gasteiger partial charge in [-0.15, -0.1) is 11.6 Å². The zero-order chi connectivity index (χ0) is 21.4. The van der Waals surface area contributed by atoms with Gasteiger partial charge in [-0.05, 0) is 46.1 Å². The maximum Gasteiger partial charge on any atom is 0.414 e. The van der Waals surface area contributed by atoms with E-state index < -0.39 is 41.0 Å². The average molecular weight is 430 g/mol. The van der Waals surface area contributed by atoms with E-state index in [2.05, 4.69) is 0 Å². The minimum atomic E-state index is -1.61. The molecule has 2 aliphatic heterocycles. The third kappa shape index (κ3) is 3.56. The van der Waals surface area contributed by atoms with Crippen molar-refractivity contribution >= 4 is 23.6 Å². The molecule has 1 aliphatic carbocycles. The fourth-order valence-corrected chi connectivity index (χ4v) is 4.54. The first-order chi connectivity index (χ1) is 13.6.